The van der Waals surface area contributed by atoms with Gasteiger partial charge in [0, 0.05) is 23.9 Å². The van der Waals surface area contributed by atoms with Crippen LogP contribution in [0.5, 0.6) is 0 Å². The molecular weight excluding hydrogens is 380 g/mol. The summed E-state index contributed by atoms with van der Waals surface area (Å²) < 4.78 is 0. The minimum absolute atomic E-state index is 0.184. The SMILES string of the molecule is CCC1=C[C@@H]2[C@H](C1)C[C@]2(CNNC[C@]1(CC(=O)O)C[C@H]2CC(CC)=C[C@H]21)CC(=O)O. The second kappa shape index (κ2) is 8.12. The number of fused-ring (bicyclic) bond motifs is 2. The number of hydrogen-bond donors (Lipinski definition) is 4. The van der Waals surface area contributed by atoms with Crippen LogP contribution in [0, 0.1) is 34.5 Å². The molecule has 0 radical (unpaired) electrons. The van der Waals surface area contributed by atoms with E-state index in [2.05, 4.69) is 36.9 Å². The molecule has 4 aliphatic carbocycles. The molecule has 0 aliphatic heterocycles. The molecule has 2 saturated carbocycles. The van der Waals surface area contributed by atoms with Crippen LogP contribution in [0.4, 0.5) is 0 Å². The van der Waals surface area contributed by atoms with Crippen molar-refractivity contribution in [2.75, 3.05) is 13.1 Å². The van der Waals surface area contributed by atoms with E-state index >= 15 is 0 Å². The molecule has 0 heterocycles. The summed E-state index contributed by atoms with van der Waals surface area (Å²) in [4.78, 5) is 23.1. The zero-order valence-corrected chi connectivity index (χ0v) is 18.2. The van der Waals surface area contributed by atoms with Gasteiger partial charge in [-0.2, -0.15) is 0 Å². The highest BCUT2D eigenvalue weighted by atomic mass is 16.4. The van der Waals surface area contributed by atoms with Crippen molar-refractivity contribution in [1.82, 2.24) is 10.9 Å². The maximum Gasteiger partial charge on any atom is 0.303 e. The summed E-state index contributed by atoms with van der Waals surface area (Å²) in [5.74, 6) is 0.431. The van der Waals surface area contributed by atoms with E-state index in [4.69, 9.17) is 0 Å². The zero-order chi connectivity index (χ0) is 21.5. The van der Waals surface area contributed by atoms with Gasteiger partial charge in [-0.1, -0.05) is 37.1 Å². The first-order valence-electron chi connectivity index (χ1n) is 11.6. The third kappa shape index (κ3) is 3.73. The third-order valence-corrected chi connectivity index (χ3v) is 8.57. The largest absolute Gasteiger partial charge is 0.481 e. The molecular formula is C24H36N2O4. The second-order valence-corrected chi connectivity index (χ2v) is 10.3. The summed E-state index contributed by atoms with van der Waals surface area (Å²) in [5, 5.41) is 19.0. The van der Waals surface area contributed by atoms with Crippen molar-refractivity contribution in [2.24, 2.45) is 34.5 Å². The van der Waals surface area contributed by atoms with Gasteiger partial charge in [-0.3, -0.25) is 20.4 Å². The topological polar surface area (TPSA) is 98.7 Å². The molecule has 0 aromatic rings. The van der Waals surface area contributed by atoms with E-state index in [1.165, 1.54) is 11.1 Å². The molecule has 166 valence electrons. The molecule has 0 amide bonds. The number of carbonyl (C=O) groups is 2. The van der Waals surface area contributed by atoms with Crippen molar-refractivity contribution in [2.45, 2.75) is 65.2 Å². The Hall–Kier alpha value is -1.66. The van der Waals surface area contributed by atoms with E-state index in [9.17, 15) is 19.8 Å². The van der Waals surface area contributed by atoms with Crippen molar-refractivity contribution < 1.29 is 19.8 Å². The average Bonchev–Trinajstić information content (AvgIpc) is 3.20. The summed E-state index contributed by atoms with van der Waals surface area (Å²) in [6.07, 6.45) is 11.3. The number of hydrogen-bond acceptors (Lipinski definition) is 4. The van der Waals surface area contributed by atoms with Gasteiger partial charge in [0.05, 0.1) is 12.8 Å². The lowest BCUT2D eigenvalue weighted by molar-refractivity contribution is -0.146. The van der Waals surface area contributed by atoms with Crippen LogP contribution < -0.4 is 10.9 Å². The van der Waals surface area contributed by atoms with Crippen molar-refractivity contribution in [1.29, 1.82) is 0 Å². The highest BCUT2D eigenvalue weighted by Gasteiger charge is 2.57. The quantitative estimate of drug-likeness (QED) is 0.233. The highest BCUT2D eigenvalue weighted by molar-refractivity contribution is 5.68. The molecule has 2 fully saturated rings. The van der Waals surface area contributed by atoms with Crippen LogP contribution in [0.3, 0.4) is 0 Å². The first-order valence-corrected chi connectivity index (χ1v) is 11.6. The van der Waals surface area contributed by atoms with Gasteiger partial charge >= 0.3 is 11.9 Å². The predicted molar refractivity (Wildman–Crippen MR) is 115 cm³/mol. The molecule has 4 aliphatic rings. The fraction of sp³-hybridized carbons (Fsp3) is 0.750. The zero-order valence-electron chi connectivity index (χ0n) is 18.2. The number of hydrazine groups is 1. The smallest absolute Gasteiger partial charge is 0.303 e. The molecule has 6 heteroatoms. The fourth-order valence-corrected chi connectivity index (χ4v) is 7.08. The van der Waals surface area contributed by atoms with E-state index in [1.54, 1.807) is 0 Å². The summed E-state index contributed by atoms with van der Waals surface area (Å²) in [5.41, 5.74) is 9.12. The number of aliphatic carboxylic acids is 2. The van der Waals surface area contributed by atoms with Gasteiger partial charge in [-0.15, -0.1) is 0 Å². The van der Waals surface area contributed by atoms with E-state index in [-0.39, 0.29) is 23.7 Å². The van der Waals surface area contributed by atoms with E-state index in [1.807, 2.05) is 0 Å². The summed E-state index contributed by atoms with van der Waals surface area (Å²) in [6, 6.07) is 0. The molecule has 0 spiro atoms. The van der Waals surface area contributed by atoms with Crippen molar-refractivity contribution in [3.8, 4) is 0 Å². The van der Waals surface area contributed by atoms with Gasteiger partial charge in [0.15, 0.2) is 0 Å². The lowest BCUT2D eigenvalue weighted by Gasteiger charge is -2.53. The summed E-state index contributed by atoms with van der Waals surface area (Å²) >= 11 is 0. The number of carboxylic acids is 2. The molecule has 0 bridgehead atoms. The average molecular weight is 417 g/mol. The van der Waals surface area contributed by atoms with Crippen LogP contribution in [-0.2, 0) is 9.59 Å². The Morgan fingerprint density at radius 1 is 0.867 bits per heavy atom. The summed E-state index contributed by atoms with van der Waals surface area (Å²) in [6.45, 7) is 5.57. The monoisotopic (exact) mass is 416 g/mol. The molecule has 0 unspecified atom stereocenters. The van der Waals surface area contributed by atoms with Crippen LogP contribution in [0.25, 0.3) is 0 Å². The molecule has 4 N–H and O–H groups in total. The Labute approximate surface area is 179 Å². The Balaban J connectivity index is 1.36. The van der Waals surface area contributed by atoms with Crippen molar-refractivity contribution in [3.63, 3.8) is 0 Å². The Kier molecular flexibility index (Phi) is 5.84. The minimum Gasteiger partial charge on any atom is -0.481 e. The molecule has 4 rings (SSSR count). The lowest BCUT2D eigenvalue weighted by Crippen LogP contribution is -2.58. The van der Waals surface area contributed by atoms with E-state index < -0.39 is 11.9 Å². The number of allylic oxidation sites excluding steroid dienone is 4. The number of carboxylic acid groups (broad SMARTS) is 2. The van der Waals surface area contributed by atoms with Crippen molar-refractivity contribution >= 4 is 11.9 Å². The minimum atomic E-state index is -0.735. The normalized spacial score (nSPS) is 38.7. The van der Waals surface area contributed by atoms with Crippen LogP contribution in [0.2, 0.25) is 0 Å². The molecule has 6 nitrogen and oxygen atoms in total. The lowest BCUT2D eigenvalue weighted by atomic mass is 9.53. The van der Waals surface area contributed by atoms with Crippen LogP contribution in [0.15, 0.2) is 23.3 Å². The number of rotatable bonds is 11. The van der Waals surface area contributed by atoms with Gasteiger partial charge in [0.25, 0.3) is 0 Å². The first kappa shape index (κ1) is 21.6. The van der Waals surface area contributed by atoms with Gasteiger partial charge in [-0.25, -0.2) is 0 Å². The molecule has 0 aromatic heterocycles. The van der Waals surface area contributed by atoms with Gasteiger partial charge in [0.1, 0.15) is 0 Å². The second-order valence-electron chi connectivity index (χ2n) is 10.3. The maximum absolute atomic E-state index is 11.6. The van der Waals surface area contributed by atoms with E-state index in [0.29, 0.717) is 36.8 Å². The van der Waals surface area contributed by atoms with Crippen LogP contribution in [0.1, 0.15) is 65.2 Å². The molecule has 6 atom stereocenters. The first-order chi connectivity index (χ1) is 14.3. The Morgan fingerprint density at radius 3 is 1.60 bits per heavy atom. The van der Waals surface area contributed by atoms with Gasteiger partial charge < -0.3 is 10.2 Å². The maximum atomic E-state index is 11.6. The molecule has 30 heavy (non-hydrogen) atoms. The standard InChI is InChI=1S/C24H36N2O4/c1-3-15-5-17-9-23(11-21(27)28,19(17)7-15)13-25-26-14-24(12-22(29)30)10-18-6-16(4-2)8-20(18)24/h7-8,17-20,25-26H,3-6,9-14H2,1-2H3,(H,27,28)(H,29,30)/t17-,18-,19-,20-,23-,24-/m1/s1. The van der Waals surface area contributed by atoms with Gasteiger partial charge in [0.2, 0.25) is 0 Å². The van der Waals surface area contributed by atoms with Gasteiger partial charge in [-0.05, 0) is 62.2 Å². The van der Waals surface area contributed by atoms with Crippen molar-refractivity contribution in [3.05, 3.63) is 23.3 Å². The predicted octanol–water partition coefficient (Wildman–Crippen LogP) is 3.76. The third-order valence-electron chi connectivity index (χ3n) is 8.57. The Morgan fingerprint density at radius 2 is 1.27 bits per heavy atom. The van der Waals surface area contributed by atoms with Crippen LogP contribution >= 0.6 is 0 Å². The molecule has 0 aromatic carbocycles. The molecule has 0 saturated heterocycles. The van der Waals surface area contributed by atoms with E-state index in [0.717, 1.165) is 38.5 Å². The fourth-order valence-electron chi connectivity index (χ4n) is 7.08. The highest BCUT2D eigenvalue weighted by Crippen LogP contribution is 2.61. The summed E-state index contributed by atoms with van der Waals surface area (Å²) in [7, 11) is 0. The van der Waals surface area contributed by atoms with Crippen LogP contribution in [-0.4, -0.2) is 35.2 Å². The Bertz CT molecular complexity index is 711. The number of nitrogens with one attached hydrogen (secondary N) is 2.